The summed E-state index contributed by atoms with van der Waals surface area (Å²) in [7, 11) is 1.24. The van der Waals surface area contributed by atoms with Crippen molar-refractivity contribution in [2.75, 3.05) is 7.11 Å². The van der Waals surface area contributed by atoms with Crippen LogP contribution in [0.4, 0.5) is 0 Å². The van der Waals surface area contributed by atoms with Crippen LogP contribution in [0.5, 0.6) is 0 Å². The molecule has 0 aromatic carbocycles. The van der Waals surface area contributed by atoms with E-state index in [1.54, 1.807) is 32.2 Å². The maximum atomic E-state index is 12.0. The third-order valence-electron chi connectivity index (χ3n) is 2.90. The number of hydrogen-bond donors (Lipinski definition) is 0. The Morgan fingerprint density at radius 1 is 1.72 bits per heavy atom. The van der Waals surface area contributed by atoms with Gasteiger partial charge in [-0.15, -0.1) is 0 Å². The number of esters is 1. The Hall–Kier alpha value is -2.40. The zero-order valence-corrected chi connectivity index (χ0v) is 10.5. The van der Waals surface area contributed by atoms with Gasteiger partial charge in [0, 0.05) is 11.9 Å². The average molecular weight is 243 g/mol. The molecule has 0 saturated carbocycles. The Labute approximate surface area is 106 Å². The maximum absolute atomic E-state index is 12.0. The molecular weight excluding hydrogens is 230 g/mol. The van der Waals surface area contributed by atoms with Gasteiger partial charge in [0.2, 0.25) is 0 Å². The van der Waals surface area contributed by atoms with Crippen molar-refractivity contribution in [2.24, 2.45) is 0 Å². The van der Waals surface area contributed by atoms with Gasteiger partial charge in [-0.3, -0.25) is 14.6 Å². The quantitative estimate of drug-likeness (QED) is 0.597. The largest absolute Gasteiger partial charge is 0.468 e. The molecule has 5 heteroatoms. The van der Waals surface area contributed by atoms with E-state index in [1.165, 1.54) is 7.11 Å². The third-order valence-corrected chi connectivity index (χ3v) is 2.90. The van der Waals surface area contributed by atoms with Crippen molar-refractivity contribution in [3.8, 4) is 6.07 Å². The first-order chi connectivity index (χ1) is 8.50. The number of rotatable bonds is 3. The molecule has 1 heterocycles. The summed E-state index contributed by atoms with van der Waals surface area (Å²) in [4.78, 5) is 19.2. The summed E-state index contributed by atoms with van der Waals surface area (Å²) in [6, 6.07) is 4.03. The molecule has 0 aliphatic heterocycles. The molecular formula is C13H13N3O2. The number of hydrogen-bond acceptors (Lipinski definition) is 4. The molecule has 2 unspecified atom stereocenters. The van der Waals surface area contributed by atoms with Crippen LogP contribution in [0.3, 0.4) is 0 Å². The van der Waals surface area contributed by atoms with Crippen LogP contribution in [-0.4, -0.2) is 24.1 Å². The number of nitriles is 1. The zero-order valence-electron chi connectivity index (χ0n) is 10.5. The number of carbonyl (C=O) groups excluding carboxylic acids is 1. The molecule has 0 radical (unpaired) electrons. The fraction of sp³-hybridized carbons (Fsp3) is 0.385. The normalized spacial score (nSPS) is 14.7. The van der Waals surface area contributed by atoms with Gasteiger partial charge >= 0.3 is 12.0 Å². The molecule has 92 valence electrons. The highest BCUT2D eigenvalue weighted by Gasteiger charge is 2.49. The SMILES string of the molecule is [C-]#[N+]C(C#N)C(C)(C(=O)OC)c1ccnc(C)c1. The van der Waals surface area contributed by atoms with Crippen LogP contribution >= 0.6 is 0 Å². The predicted octanol–water partition coefficient (Wildman–Crippen LogP) is 1.63. The summed E-state index contributed by atoms with van der Waals surface area (Å²) in [5.41, 5.74) is -0.0347. The monoisotopic (exact) mass is 243 g/mol. The Balaban J connectivity index is 3.44. The van der Waals surface area contributed by atoms with Gasteiger partial charge in [-0.1, -0.05) is 0 Å². The predicted molar refractivity (Wildman–Crippen MR) is 64.3 cm³/mol. The van der Waals surface area contributed by atoms with Crippen LogP contribution in [0.2, 0.25) is 0 Å². The molecule has 1 aromatic rings. The highest BCUT2D eigenvalue weighted by atomic mass is 16.5. The Bertz CT molecular complexity index is 528. The minimum atomic E-state index is -1.31. The van der Waals surface area contributed by atoms with Gasteiger partial charge in [0.05, 0.1) is 7.11 Å². The summed E-state index contributed by atoms with van der Waals surface area (Å²) in [6.07, 6.45) is 1.55. The van der Waals surface area contributed by atoms with Crippen LogP contribution in [0.1, 0.15) is 18.2 Å². The maximum Gasteiger partial charge on any atom is 0.326 e. The van der Waals surface area contributed by atoms with E-state index >= 15 is 0 Å². The first kappa shape index (κ1) is 13.7. The minimum absolute atomic E-state index is 0.560. The molecule has 0 fully saturated rings. The highest BCUT2D eigenvalue weighted by Crippen LogP contribution is 2.31. The number of methoxy groups -OCH3 is 1. The van der Waals surface area contributed by atoms with E-state index in [2.05, 4.69) is 9.83 Å². The summed E-state index contributed by atoms with van der Waals surface area (Å²) in [5.74, 6) is -0.601. The second-order valence-electron chi connectivity index (χ2n) is 4.04. The zero-order chi connectivity index (χ0) is 13.8. The van der Waals surface area contributed by atoms with E-state index in [0.29, 0.717) is 11.3 Å². The van der Waals surface area contributed by atoms with Crippen molar-refractivity contribution in [1.29, 1.82) is 5.26 Å². The molecule has 0 aliphatic carbocycles. The fourth-order valence-electron chi connectivity index (χ4n) is 1.76. The first-order valence-corrected chi connectivity index (χ1v) is 5.28. The third kappa shape index (κ3) is 2.16. The number of pyridine rings is 1. The van der Waals surface area contributed by atoms with Crippen molar-refractivity contribution in [3.05, 3.63) is 41.0 Å². The number of aryl methyl sites for hydroxylation is 1. The number of carbonyl (C=O) groups is 1. The first-order valence-electron chi connectivity index (χ1n) is 5.28. The average Bonchev–Trinajstić information content (AvgIpc) is 2.38. The van der Waals surface area contributed by atoms with E-state index in [0.717, 1.165) is 0 Å². The fourth-order valence-corrected chi connectivity index (χ4v) is 1.76. The van der Waals surface area contributed by atoms with E-state index in [-0.39, 0.29) is 0 Å². The van der Waals surface area contributed by atoms with Crippen LogP contribution < -0.4 is 0 Å². The minimum Gasteiger partial charge on any atom is -0.468 e. The Morgan fingerprint density at radius 3 is 2.83 bits per heavy atom. The lowest BCUT2D eigenvalue weighted by molar-refractivity contribution is -0.146. The van der Waals surface area contributed by atoms with E-state index in [9.17, 15) is 4.79 Å². The molecule has 0 amide bonds. The van der Waals surface area contributed by atoms with Crippen molar-refractivity contribution in [1.82, 2.24) is 4.98 Å². The molecule has 18 heavy (non-hydrogen) atoms. The van der Waals surface area contributed by atoms with Gasteiger partial charge < -0.3 is 4.74 Å². The van der Waals surface area contributed by atoms with Gasteiger partial charge in [-0.05, 0) is 31.5 Å². The van der Waals surface area contributed by atoms with Crippen LogP contribution in [0.25, 0.3) is 4.85 Å². The highest BCUT2D eigenvalue weighted by molar-refractivity contribution is 5.84. The molecule has 0 aliphatic rings. The van der Waals surface area contributed by atoms with Gasteiger partial charge in [0.25, 0.3) is 0 Å². The van der Waals surface area contributed by atoms with Crippen molar-refractivity contribution >= 4 is 5.97 Å². The second kappa shape index (κ2) is 5.29. The topological polar surface area (TPSA) is 67.3 Å². The Morgan fingerprint density at radius 2 is 2.39 bits per heavy atom. The van der Waals surface area contributed by atoms with Gasteiger partial charge in [-0.25, -0.2) is 6.57 Å². The molecule has 0 saturated heterocycles. The number of ether oxygens (including phenoxy) is 1. The van der Waals surface area contributed by atoms with Crippen LogP contribution in [0, 0.1) is 24.8 Å². The lowest BCUT2D eigenvalue weighted by atomic mass is 9.76. The van der Waals surface area contributed by atoms with Gasteiger partial charge in [0.1, 0.15) is 0 Å². The molecule has 0 bridgehead atoms. The summed E-state index contributed by atoms with van der Waals surface area (Å²) in [6.45, 7) is 10.4. The molecule has 0 N–H and O–H groups in total. The van der Waals surface area contributed by atoms with Crippen molar-refractivity contribution in [2.45, 2.75) is 25.3 Å². The van der Waals surface area contributed by atoms with Crippen molar-refractivity contribution < 1.29 is 9.53 Å². The molecule has 5 nitrogen and oxygen atoms in total. The summed E-state index contributed by atoms with van der Waals surface area (Å²) >= 11 is 0. The lowest BCUT2D eigenvalue weighted by Crippen LogP contribution is -2.42. The van der Waals surface area contributed by atoms with E-state index < -0.39 is 17.4 Å². The number of nitrogens with zero attached hydrogens (tertiary/aromatic N) is 3. The number of aromatic nitrogens is 1. The van der Waals surface area contributed by atoms with Crippen LogP contribution in [0.15, 0.2) is 18.3 Å². The summed E-state index contributed by atoms with van der Waals surface area (Å²) in [5, 5.41) is 9.05. The van der Waals surface area contributed by atoms with Gasteiger partial charge in [0.15, 0.2) is 11.5 Å². The molecule has 1 aromatic heterocycles. The summed E-state index contributed by atoms with van der Waals surface area (Å²) < 4.78 is 4.74. The molecule has 0 spiro atoms. The standard InChI is InChI=1S/C13H13N3O2/c1-9-7-10(5-6-16-9)13(2,12(17)18-4)11(8-14)15-3/h5-7,11H,1-2,4H3. The van der Waals surface area contributed by atoms with Crippen LogP contribution in [-0.2, 0) is 14.9 Å². The molecule has 2 atom stereocenters. The second-order valence-corrected chi connectivity index (χ2v) is 4.04. The van der Waals surface area contributed by atoms with E-state index in [4.69, 9.17) is 16.6 Å². The van der Waals surface area contributed by atoms with E-state index in [1.807, 2.05) is 6.07 Å². The van der Waals surface area contributed by atoms with Crippen molar-refractivity contribution in [3.63, 3.8) is 0 Å². The Kier molecular flexibility index (Phi) is 4.01. The van der Waals surface area contributed by atoms with Gasteiger partial charge in [-0.2, -0.15) is 5.26 Å². The smallest absolute Gasteiger partial charge is 0.326 e. The lowest BCUT2D eigenvalue weighted by Gasteiger charge is -2.24. The molecule has 1 rings (SSSR count).